The molecular formula is C18H22O4. The van der Waals surface area contributed by atoms with Crippen molar-refractivity contribution in [3.8, 4) is 0 Å². The zero-order valence-corrected chi connectivity index (χ0v) is 12.9. The third-order valence-corrected chi connectivity index (χ3v) is 3.64. The quantitative estimate of drug-likeness (QED) is 0.589. The summed E-state index contributed by atoms with van der Waals surface area (Å²) in [5, 5.41) is 0. The Bertz CT molecular complexity index is 521. The Labute approximate surface area is 131 Å². The first-order valence-corrected chi connectivity index (χ1v) is 7.73. The molecule has 118 valence electrons. The average Bonchev–Trinajstić information content (AvgIpc) is 2.51. The van der Waals surface area contributed by atoms with Crippen molar-refractivity contribution in [3.63, 3.8) is 0 Å². The van der Waals surface area contributed by atoms with Gasteiger partial charge in [0.05, 0.1) is 12.5 Å². The van der Waals surface area contributed by atoms with Gasteiger partial charge in [-0.05, 0) is 25.3 Å². The molecule has 1 aliphatic rings. The number of cyclic esters (lactones) is 2. The van der Waals surface area contributed by atoms with Gasteiger partial charge in [-0.25, -0.2) is 0 Å². The summed E-state index contributed by atoms with van der Waals surface area (Å²) in [4.78, 5) is 23.9. The summed E-state index contributed by atoms with van der Waals surface area (Å²) in [6, 6.07) is 9.64. The number of ether oxygens (including phenoxy) is 2. The molecule has 0 aliphatic carbocycles. The van der Waals surface area contributed by atoms with E-state index in [1.165, 1.54) is 0 Å². The molecule has 2 unspecified atom stereocenters. The minimum absolute atomic E-state index is 0.206. The summed E-state index contributed by atoms with van der Waals surface area (Å²) in [6.45, 7) is 2.08. The molecule has 0 saturated carbocycles. The van der Waals surface area contributed by atoms with Gasteiger partial charge in [0, 0.05) is 12.8 Å². The Hall–Kier alpha value is -2.10. The van der Waals surface area contributed by atoms with Crippen LogP contribution in [0.2, 0.25) is 0 Å². The van der Waals surface area contributed by atoms with Crippen molar-refractivity contribution in [2.45, 2.75) is 44.6 Å². The maximum atomic E-state index is 12.3. The largest absolute Gasteiger partial charge is 0.465 e. The lowest BCUT2D eigenvalue weighted by Gasteiger charge is -2.16. The van der Waals surface area contributed by atoms with Crippen LogP contribution in [0.5, 0.6) is 0 Å². The van der Waals surface area contributed by atoms with Gasteiger partial charge >= 0.3 is 11.9 Å². The van der Waals surface area contributed by atoms with E-state index in [2.05, 4.69) is 0 Å². The van der Waals surface area contributed by atoms with Gasteiger partial charge in [-0.1, -0.05) is 42.5 Å². The van der Waals surface area contributed by atoms with Crippen LogP contribution in [0.15, 0.2) is 42.5 Å². The van der Waals surface area contributed by atoms with Crippen LogP contribution in [-0.2, 0) is 19.1 Å². The average molecular weight is 302 g/mol. The zero-order chi connectivity index (χ0) is 15.8. The number of rotatable bonds is 1. The summed E-state index contributed by atoms with van der Waals surface area (Å²) in [5.41, 5.74) is 0.951. The highest BCUT2D eigenvalue weighted by atomic mass is 16.6. The van der Waals surface area contributed by atoms with E-state index >= 15 is 0 Å². The van der Waals surface area contributed by atoms with Crippen LogP contribution in [0.25, 0.3) is 0 Å². The first-order valence-electron chi connectivity index (χ1n) is 7.73. The normalized spacial score (nSPS) is 25.9. The zero-order valence-electron chi connectivity index (χ0n) is 12.9. The van der Waals surface area contributed by atoms with Crippen LogP contribution < -0.4 is 0 Å². The number of hydrogen-bond donors (Lipinski definition) is 0. The summed E-state index contributed by atoms with van der Waals surface area (Å²) in [5.74, 6) is -0.735. The maximum absolute atomic E-state index is 12.3. The van der Waals surface area contributed by atoms with E-state index in [0.29, 0.717) is 25.7 Å². The number of carbonyl (C=O) groups excluding carboxylic acids is 2. The second kappa shape index (κ2) is 8.37. The molecule has 22 heavy (non-hydrogen) atoms. The highest BCUT2D eigenvalue weighted by molar-refractivity contribution is 5.78. The molecule has 1 heterocycles. The van der Waals surface area contributed by atoms with Crippen LogP contribution in [0.4, 0.5) is 0 Å². The third kappa shape index (κ3) is 5.02. The lowest BCUT2D eigenvalue weighted by Crippen LogP contribution is -2.20. The van der Waals surface area contributed by atoms with Crippen molar-refractivity contribution >= 4 is 11.9 Å². The lowest BCUT2D eigenvalue weighted by molar-refractivity contribution is -0.150. The van der Waals surface area contributed by atoms with Gasteiger partial charge in [0.25, 0.3) is 0 Å². The first kappa shape index (κ1) is 16.3. The maximum Gasteiger partial charge on any atom is 0.313 e. The fourth-order valence-corrected chi connectivity index (χ4v) is 2.37. The highest BCUT2D eigenvalue weighted by Gasteiger charge is 2.21. The molecule has 1 aromatic rings. The fourth-order valence-electron chi connectivity index (χ4n) is 2.37. The summed E-state index contributed by atoms with van der Waals surface area (Å²) < 4.78 is 10.6. The van der Waals surface area contributed by atoms with E-state index < -0.39 is 0 Å². The highest BCUT2D eigenvalue weighted by Crippen LogP contribution is 2.22. The minimum Gasteiger partial charge on any atom is -0.465 e. The van der Waals surface area contributed by atoms with E-state index in [9.17, 15) is 9.59 Å². The smallest absolute Gasteiger partial charge is 0.313 e. The Kier molecular flexibility index (Phi) is 6.19. The molecule has 2 rings (SSSR count). The Morgan fingerprint density at radius 2 is 1.86 bits per heavy atom. The van der Waals surface area contributed by atoms with E-state index in [-0.39, 0.29) is 30.6 Å². The minimum atomic E-state index is -0.301. The first-order chi connectivity index (χ1) is 10.7. The molecule has 1 aromatic carbocycles. The molecule has 0 fully saturated rings. The summed E-state index contributed by atoms with van der Waals surface area (Å²) in [6.07, 6.45) is 5.72. The predicted octanol–water partition coefficient (Wildman–Crippen LogP) is 3.38. The molecule has 0 radical (unpaired) electrons. The molecule has 0 amide bonds. The van der Waals surface area contributed by atoms with Crippen molar-refractivity contribution in [2.75, 3.05) is 6.61 Å². The summed E-state index contributed by atoms with van der Waals surface area (Å²) in [7, 11) is 0. The van der Waals surface area contributed by atoms with Crippen LogP contribution in [0, 0.1) is 0 Å². The van der Waals surface area contributed by atoms with Crippen LogP contribution in [-0.4, -0.2) is 24.6 Å². The second-order valence-corrected chi connectivity index (χ2v) is 5.47. The topological polar surface area (TPSA) is 52.6 Å². The fraction of sp³-hybridized carbons (Fsp3) is 0.444. The molecule has 0 bridgehead atoms. The number of allylic oxidation sites excluding steroid dienone is 2. The van der Waals surface area contributed by atoms with Crippen LogP contribution in [0.3, 0.4) is 0 Å². The number of esters is 2. The van der Waals surface area contributed by atoms with E-state index in [4.69, 9.17) is 9.47 Å². The van der Waals surface area contributed by atoms with Crippen molar-refractivity contribution < 1.29 is 19.1 Å². The molecule has 1 aliphatic heterocycles. The molecule has 4 nitrogen and oxygen atoms in total. The monoisotopic (exact) mass is 302 g/mol. The number of carbonyl (C=O) groups is 2. The molecule has 4 heteroatoms. The van der Waals surface area contributed by atoms with Crippen molar-refractivity contribution in [2.24, 2.45) is 0 Å². The van der Waals surface area contributed by atoms with E-state index in [1.54, 1.807) is 0 Å². The molecule has 0 spiro atoms. The van der Waals surface area contributed by atoms with Crippen molar-refractivity contribution in [1.82, 2.24) is 0 Å². The second-order valence-electron chi connectivity index (χ2n) is 5.47. The van der Waals surface area contributed by atoms with Gasteiger partial charge in [-0.15, -0.1) is 0 Å². The Balaban J connectivity index is 2.10. The molecule has 2 atom stereocenters. The SMILES string of the molecule is CC1CCOC(=O)C(c2ccccc2)C/C=C/CCC(=O)O1. The van der Waals surface area contributed by atoms with Gasteiger partial charge < -0.3 is 9.47 Å². The van der Waals surface area contributed by atoms with Crippen molar-refractivity contribution in [1.29, 1.82) is 0 Å². The van der Waals surface area contributed by atoms with Crippen LogP contribution in [0.1, 0.15) is 44.1 Å². The molecular weight excluding hydrogens is 280 g/mol. The van der Waals surface area contributed by atoms with E-state index in [1.807, 2.05) is 49.4 Å². The molecule has 0 aromatic heterocycles. The number of benzene rings is 1. The van der Waals surface area contributed by atoms with Gasteiger partial charge in [0.1, 0.15) is 6.10 Å². The predicted molar refractivity (Wildman–Crippen MR) is 83.3 cm³/mol. The van der Waals surface area contributed by atoms with Gasteiger partial charge in [-0.3, -0.25) is 9.59 Å². The summed E-state index contributed by atoms with van der Waals surface area (Å²) >= 11 is 0. The van der Waals surface area contributed by atoms with Gasteiger partial charge in [0.2, 0.25) is 0 Å². The van der Waals surface area contributed by atoms with Crippen LogP contribution >= 0.6 is 0 Å². The van der Waals surface area contributed by atoms with Gasteiger partial charge in [-0.2, -0.15) is 0 Å². The number of hydrogen-bond acceptors (Lipinski definition) is 4. The van der Waals surface area contributed by atoms with E-state index in [0.717, 1.165) is 5.56 Å². The van der Waals surface area contributed by atoms with Crippen molar-refractivity contribution in [3.05, 3.63) is 48.0 Å². The Morgan fingerprint density at radius 3 is 2.64 bits per heavy atom. The molecule has 0 saturated heterocycles. The lowest BCUT2D eigenvalue weighted by atomic mass is 9.95. The molecule has 0 N–H and O–H groups in total. The standard InChI is InChI=1S/C18H22O4/c1-14-12-13-21-18(20)16(15-8-4-2-5-9-15)10-6-3-7-11-17(19)22-14/h2-6,8-9,14,16H,7,10-13H2,1H3/b6-3+. The Morgan fingerprint density at radius 1 is 1.09 bits per heavy atom. The van der Waals surface area contributed by atoms with Gasteiger partial charge in [0.15, 0.2) is 0 Å². The third-order valence-electron chi connectivity index (χ3n) is 3.64.